The van der Waals surface area contributed by atoms with Gasteiger partial charge in [0.15, 0.2) is 5.65 Å². The Hall–Kier alpha value is -2.06. The largest absolute Gasteiger partial charge is 0.390 e. The van der Waals surface area contributed by atoms with Gasteiger partial charge in [0.1, 0.15) is 5.52 Å². The quantitative estimate of drug-likeness (QED) is 0.815. The molecule has 3 N–H and O–H groups in total. The summed E-state index contributed by atoms with van der Waals surface area (Å²) in [5.41, 5.74) is 4.96. The number of rotatable bonds is 2. The highest BCUT2D eigenvalue weighted by Crippen LogP contribution is 2.20. The van der Waals surface area contributed by atoms with E-state index in [1.807, 2.05) is 0 Å². The lowest BCUT2D eigenvalue weighted by atomic mass is 10.4. The number of hydrogen-bond donors (Lipinski definition) is 2. The van der Waals surface area contributed by atoms with Crippen molar-refractivity contribution in [2.45, 2.75) is 19.1 Å². The third kappa shape index (κ3) is 2.37. The number of aromatic nitrogens is 4. The second-order valence-electron chi connectivity index (χ2n) is 3.41. The molecule has 0 aliphatic carbocycles. The number of H-pyrrole nitrogens is 1. The van der Waals surface area contributed by atoms with Gasteiger partial charge in [-0.2, -0.15) is 18.2 Å². The van der Waals surface area contributed by atoms with Gasteiger partial charge in [0.25, 0.3) is 0 Å². The van der Waals surface area contributed by atoms with Crippen LogP contribution in [-0.4, -0.2) is 25.7 Å². The van der Waals surface area contributed by atoms with Crippen LogP contribution in [0, 0.1) is 0 Å². The smallest absolute Gasteiger partial charge is 0.368 e. The fraction of sp³-hybridized carbons (Fsp3) is 0.375. The highest BCUT2D eigenvalue weighted by atomic mass is 19.4. The number of nitrogens with two attached hydrogens (primary N) is 1. The van der Waals surface area contributed by atoms with E-state index in [4.69, 9.17) is 5.73 Å². The van der Waals surface area contributed by atoms with Crippen LogP contribution in [0.1, 0.15) is 6.42 Å². The molecule has 2 heterocycles. The molecule has 2 aromatic rings. The highest BCUT2D eigenvalue weighted by molar-refractivity contribution is 5.70. The summed E-state index contributed by atoms with van der Waals surface area (Å²) in [7, 11) is 0. The molecule has 0 saturated heterocycles. The summed E-state index contributed by atoms with van der Waals surface area (Å²) in [6.07, 6.45) is -4.20. The zero-order valence-electron chi connectivity index (χ0n) is 8.45. The van der Waals surface area contributed by atoms with Gasteiger partial charge in [0, 0.05) is 6.54 Å². The maximum Gasteiger partial charge on any atom is 0.390 e. The summed E-state index contributed by atoms with van der Waals surface area (Å²) in [5, 5.41) is 0. The lowest BCUT2D eigenvalue weighted by Crippen LogP contribution is -2.21. The van der Waals surface area contributed by atoms with Crippen LogP contribution in [0.3, 0.4) is 0 Å². The molecule has 0 amide bonds. The van der Waals surface area contributed by atoms with Crippen molar-refractivity contribution in [1.29, 1.82) is 0 Å². The van der Waals surface area contributed by atoms with Crippen LogP contribution < -0.4 is 11.4 Å². The Labute approximate surface area is 92.3 Å². The third-order valence-corrected chi connectivity index (χ3v) is 2.17. The summed E-state index contributed by atoms with van der Waals surface area (Å²) in [6, 6.07) is 0. The molecule has 9 heteroatoms. The molecule has 17 heavy (non-hydrogen) atoms. The van der Waals surface area contributed by atoms with Crippen molar-refractivity contribution in [1.82, 2.24) is 19.5 Å². The number of nitrogen functional groups attached to an aromatic ring is 1. The lowest BCUT2D eigenvalue weighted by molar-refractivity contribution is -0.136. The van der Waals surface area contributed by atoms with Gasteiger partial charge >= 0.3 is 11.9 Å². The van der Waals surface area contributed by atoms with Gasteiger partial charge < -0.3 is 5.73 Å². The molecule has 0 saturated carbocycles. The molecule has 2 aromatic heterocycles. The fourth-order valence-electron chi connectivity index (χ4n) is 1.42. The maximum absolute atomic E-state index is 12.1. The van der Waals surface area contributed by atoms with Crippen LogP contribution in [0.15, 0.2) is 11.0 Å². The zero-order valence-corrected chi connectivity index (χ0v) is 8.45. The molecule has 92 valence electrons. The first-order chi connectivity index (χ1) is 7.87. The minimum Gasteiger partial charge on any atom is -0.368 e. The van der Waals surface area contributed by atoms with Crippen molar-refractivity contribution >= 4 is 17.1 Å². The fourth-order valence-corrected chi connectivity index (χ4v) is 1.42. The number of aromatic amines is 1. The Morgan fingerprint density at radius 3 is 2.82 bits per heavy atom. The van der Waals surface area contributed by atoms with E-state index >= 15 is 0 Å². The van der Waals surface area contributed by atoms with Crippen LogP contribution >= 0.6 is 0 Å². The Kier molecular flexibility index (Phi) is 2.52. The van der Waals surface area contributed by atoms with Gasteiger partial charge in [0.2, 0.25) is 5.95 Å². The first kappa shape index (κ1) is 11.4. The summed E-state index contributed by atoms with van der Waals surface area (Å²) in [4.78, 5) is 21.1. The first-order valence-corrected chi connectivity index (χ1v) is 4.64. The van der Waals surface area contributed by atoms with Crippen LogP contribution in [0.25, 0.3) is 11.2 Å². The van der Waals surface area contributed by atoms with Gasteiger partial charge in [-0.15, -0.1) is 0 Å². The number of hydrogen-bond acceptors (Lipinski definition) is 4. The number of alkyl halides is 3. The van der Waals surface area contributed by atoms with Crippen molar-refractivity contribution in [3.63, 3.8) is 0 Å². The molecular weight excluding hydrogens is 239 g/mol. The standard InChI is InChI=1S/C8H8F3N5O/c9-8(10,11)1-2-16-4-3-13-6(12)14-5(4)15-7(16)17/h3H,1-2H2,(H3,12,13,14,15,17). The molecule has 6 nitrogen and oxygen atoms in total. The van der Waals surface area contributed by atoms with E-state index in [-0.39, 0.29) is 17.1 Å². The minimum atomic E-state index is -4.32. The Bertz CT molecular complexity index is 599. The predicted octanol–water partition coefficient (Wildman–Crippen LogP) is 0.654. The number of nitrogens with zero attached hydrogens (tertiary/aromatic N) is 3. The number of nitrogens with one attached hydrogen (secondary N) is 1. The molecule has 0 radical (unpaired) electrons. The van der Waals surface area contributed by atoms with Gasteiger partial charge in [-0.05, 0) is 0 Å². The molecule has 0 aromatic carbocycles. The van der Waals surface area contributed by atoms with Gasteiger partial charge in [-0.3, -0.25) is 9.55 Å². The van der Waals surface area contributed by atoms with E-state index in [1.165, 1.54) is 6.20 Å². The Balaban J connectivity index is 2.40. The van der Waals surface area contributed by atoms with Gasteiger partial charge in [-0.1, -0.05) is 0 Å². The average Bonchev–Trinajstić information content (AvgIpc) is 2.48. The summed E-state index contributed by atoms with van der Waals surface area (Å²) in [6.45, 7) is -0.477. The number of aryl methyl sites for hydroxylation is 1. The molecule has 0 aliphatic heterocycles. The van der Waals surface area contributed by atoms with Crippen LogP contribution in [-0.2, 0) is 6.54 Å². The van der Waals surface area contributed by atoms with Crippen molar-refractivity contribution in [3.8, 4) is 0 Å². The zero-order chi connectivity index (χ0) is 12.6. The second kappa shape index (κ2) is 3.75. The molecule has 2 rings (SSSR count). The average molecular weight is 247 g/mol. The lowest BCUT2D eigenvalue weighted by Gasteiger charge is -2.06. The van der Waals surface area contributed by atoms with Crippen LogP contribution in [0.4, 0.5) is 19.1 Å². The number of imidazole rings is 1. The number of anilines is 1. The topological polar surface area (TPSA) is 89.6 Å². The Morgan fingerprint density at radius 2 is 2.18 bits per heavy atom. The molecule has 0 aliphatic rings. The molecule has 0 bridgehead atoms. The van der Waals surface area contributed by atoms with Crippen molar-refractivity contribution in [3.05, 3.63) is 16.7 Å². The molecule has 0 atom stereocenters. The molecular formula is C8H8F3N5O. The van der Waals surface area contributed by atoms with Crippen molar-refractivity contribution < 1.29 is 13.2 Å². The summed E-state index contributed by atoms with van der Waals surface area (Å²) < 4.78 is 37.1. The van der Waals surface area contributed by atoms with E-state index in [1.54, 1.807) is 0 Å². The Morgan fingerprint density at radius 1 is 1.47 bits per heavy atom. The predicted molar refractivity (Wildman–Crippen MR) is 53.2 cm³/mol. The van der Waals surface area contributed by atoms with E-state index in [9.17, 15) is 18.0 Å². The van der Waals surface area contributed by atoms with Crippen molar-refractivity contribution in [2.75, 3.05) is 5.73 Å². The minimum absolute atomic E-state index is 0.0540. The van der Waals surface area contributed by atoms with Gasteiger partial charge in [-0.25, -0.2) is 9.78 Å². The van der Waals surface area contributed by atoms with E-state index in [0.717, 1.165) is 4.57 Å². The normalized spacial score (nSPS) is 12.2. The summed E-state index contributed by atoms with van der Waals surface area (Å²) >= 11 is 0. The molecule has 0 unspecified atom stereocenters. The van der Waals surface area contributed by atoms with E-state index < -0.39 is 24.8 Å². The molecule has 0 fully saturated rings. The number of fused-ring (bicyclic) bond motifs is 1. The van der Waals surface area contributed by atoms with E-state index in [2.05, 4.69) is 15.0 Å². The van der Waals surface area contributed by atoms with E-state index in [0.29, 0.717) is 0 Å². The highest BCUT2D eigenvalue weighted by Gasteiger charge is 2.27. The monoisotopic (exact) mass is 247 g/mol. The van der Waals surface area contributed by atoms with Crippen LogP contribution in [0.5, 0.6) is 0 Å². The second-order valence-corrected chi connectivity index (χ2v) is 3.41. The maximum atomic E-state index is 12.1. The van der Waals surface area contributed by atoms with Gasteiger partial charge in [0.05, 0.1) is 12.6 Å². The first-order valence-electron chi connectivity index (χ1n) is 4.64. The SMILES string of the molecule is Nc1ncc2c(n1)[nH]c(=O)n2CCC(F)(F)F. The number of halogens is 3. The third-order valence-electron chi connectivity index (χ3n) is 2.17. The van der Waals surface area contributed by atoms with Crippen LogP contribution in [0.2, 0.25) is 0 Å². The van der Waals surface area contributed by atoms with Crippen molar-refractivity contribution in [2.24, 2.45) is 0 Å². The molecule has 0 spiro atoms. The summed E-state index contributed by atoms with van der Waals surface area (Å²) in [5.74, 6) is -0.0540.